The van der Waals surface area contributed by atoms with Crippen molar-refractivity contribution in [2.45, 2.75) is 6.92 Å². The largest absolute Gasteiger partial charge is 0.493 e. The summed E-state index contributed by atoms with van der Waals surface area (Å²) in [4.78, 5) is 0. The van der Waals surface area contributed by atoms with Crippen LogP contribution in [0.5, 0.6) is 11.5 Å². The van der Waals surface area contributed by atoms with E-state index in [1.165, 1.54) is 0 Å². The summed E-state index contributed by atoms with van der Waals surface area (Å²) in [5.41, 5.74) is 0.978. The Bertz CT molecular complexity index is 302. The lowest BCUT2D eigenvalue weighted by molar-refractivity contribution is 0.196. The summed E-state index contributed by atoms with van der Waals surface area (Å²) in [7, 11) is 1.59. The first kappa shape index (κ1) is 11.7. The number of hydrogen-bond donors (Lipinski definition) is 2. The molecule has 15 heavy (non-hydrogen) atoms. The molecule has 0 radical (unpaired) electrons. The van der Waals surface area contributed by atoms with E-state index in [9.17, 15) is 0 Å². The zero-order valence-electron chi connectivity index (χ0n) is 9.12. The van der Waals surface area contributed by atoms with E-state index < -0.39 is 0 Å². The van der Waals surface area contributed by atoms with Gasteiger partial charge in [-0.05, 0) is 19.1 Å². The molecule has 0 aliphatic carbocycles. The van der Waals surface area contributed by atoms with Crippen molar-refractivity contribution in [2.75, 3.05) is 32.2 Å². The molecule has 0 heterocycles. The van der Waals surface area contributed by atoms with Crippen molar-refractivity contribution in [1.29, 1.82) is 0 Å². The number of rotatable bonds is 6. The number of nitrogens with one attached hydrogen (secondary N) is 1. The number of anilines is 1. The summed E-state index contributed by atoms with van der Waals surface area (Å²) >= 11 is 0. The predicted molar refractivity (Wildman–Crippen MR) is 59.7 cm³/mol. The Balaban J connectivity index is 2.81. The van der Waals surface area contributed by atoms with Crippen molar-refractivity contribution < 1.29 is 14.6 Å². The summed E-state index contributed by atoms with van der Waals surface area (Å²) in [5.74, 6) is 1.31. The summed E-state index contributed by atoms with van der Waals surface area (Å²) in [6, 6.07) is 5.62. The van der Waals surface area contributed by atoms with E-state index in [0.29, 0.717) is 11.5 Å². The minimum absolute atomic E-state index is 0.00537. The van der Waals surface area contributed by atoms with Crippen LogP contribution in [0.1, 0.15) is 6.92 Å². The normalized spacial score (nSPS) is 9.80. The van der Waals surface area contributed by atoms with Gasteiger partial charge in [0.1, 0.15) is 6.61 Å². The van der Waals surface area contributed by atoms with Crippen LogP contribution in [0.15, 0.2) is 18.2 Å². The molecule has 0 aromatic heterocycles. The number of hydrogen-bond acceptors (Lipinski definition) is 4. The molecular weight excluding hydrogens is 194 g/mol. The second-order valence-corrected chi connectivity index (χ2v) is 2.97. The number of methoxy groups -OCH3 is 1. The van der Waals surface area contributed by atoms with Crippen LogP contribution in [-0.2, 0) is 0 Å². The molecule has 4 heteroatoms. The van der Waals surface area contributed by atoms with Gasteiger partial charge in [0.15, 0.2) is 11.5 Å². The lowest BCUT2D eigenvalue weighted by Gasteiger charge is -2.11. The first-order valence-electron chi connectivity index (χ1n) is 4.97. The van der Waals surface area contributed by atoms with Gasteiger partial charge in [-0.25, -0.2) is 0 Å². The Morgan fingerprint density at radius 3 is 2.73 bits per heavy atom. The van der Waals surface area contributed by atoms with Gasteiger partial charge >= 0.3 is 0 Å². The number of ether oxygens (including phenoxy) is 2. The molecule has 1 aromatic carbocycles. The zero-order chi connectivity index (χ0) is 11.1. The van der Waals surface area contributed by atoms with Crippen LogP contribution in [0.25, 0.3) is 0 Å². The average Bonchev–Trinajstić information content (AvgIpc) is 2.27. The highest BCUT2D eigenvalue weighted by atomic mass is 16.5. The molecule has 0 fully saturated rings. The van der Waals surface area contributed by atoms with Crippen molar-refractivity contribution in [1.82, 2.24) is 0 Å². The number of aliphatic hydroxyl groups excluding tert-OH is 1. The Kier molecular flexibility index (Phi) is 4.77. The van der Waals surface area contributed by atoms with Gasteiger partial charge in [-0.3, -0.25) is 0 Å². The highest BCUT2D eigenvalue weighted by molar-refractivity contribution is 5.54. The van der Waals surface area contributed by atoms with Crippen molar-refractivity contribution in [3.05, 3.63) is 18.2 Å². The van der Waals surface area contributed by atoms with Crippen molar-refractivity contribution in [2.24, 2.45) is 0 Å². The smallest absolute Gasteiger partial charge is 0.163 e. The lowest BCUT2D eigenvalue weighted by Crippen LogP contribution is -2.04. The van der Waals surface area contributed by atoms with Crippen LogP contribution in [0.4, 0.5) is 5.69 Å². The van der Waals surface area contributed by atoms with E-state index in [-0.39, 0.29) is 13.2 Å². The van der Waals surface area contributed by atoms with Gasteiger partial charge in [-0.1, -0.05) is 0 Å². The van der Waals surface area contributed by atoms with E-state index >= 15 is 0 Å². The van der Waals surface area contributed by atoms with Gasteiger partial charge in [0.2, 0.25) is 0 Å². The third-order valence-corrected chi connectivity index (χ3v) is 1.89. The molecule has 2 N–H and O–H groups in total. The highest BCUT2D eigenvalue weighted by Gasteiger charge is 2.04. The second-order valence-electron chi connectivity index (χ2n) is 2.97. The van der Waals surface area contributed by atoms with E-state index in [4.69, 9.17) is 14.6 Å². The van der Waals surface area contributed by atoms with E-state index in [2.05, 4.69) is 5.32 Å². The third kappa shape index (κ3) is 3.32. The molecule has 0 spiro atoms. The standard InChI is InChI=1S/C11H17NO3/c1-3-12-9-4-5-10(14-2)11(8-9)15-7-6-13/h4-5,8,12-13H,3,6-7H2,1-2H3. The Morgan fingerprint density at radius 2 is 2.13 bits per heavy atom. The molecule has 0 unspecified atom stereocenters. The molecular formula is C11H17NO3. The highest BCUT2D eigenvalue weighted by Crippen LogP contribution is 2.29. The van der Waals surface area contributed by atoms with Crippen LogP contribution in [0, 0.1) is 0 Å². The van der Waals surface area contributed by atoms with Crippen LogP contribution in [0.3, 0.4) is 0 Å². The fraction of sp³-hybridized carbons (Fsp3) is 0.455. The summed E-state index contributed by atoms with van der Waals surface area (Å²) < 4.78 is 10.5. The molecule has 0 amide bonds. The monoisotopic (exact) mass is 211 g/mol. The molecule has 0 aliphatic heterocycles. The fourth-order valence-electron chi connectivity index (χ4n) is 1.26. The zero-order valence-corrected chi connectivity index (χ0v) is 9.12. The lowest BCUT2D eigenvalue weighted by atomic mass is 10.2. The molecule has 1 aromatic rings. The summed E-state index contributed by atoms with van der Waals surface area (Å²) in [6.07, 6.45) is 0. The van der Waals surface area contributed by atoms with Crippen LogP contribution in [0.2, 0.25) is 0 Å². The maximum Gasteiger partial charge on any atom is 0.163 e. The van der Waals surface area contributed by atoms with Crippen molar-refractivity contribution in [3.63, 3.8) is 0 Å². The van der Waals surface area contributed by atoms with Crippen LogP contribution >= 0.6 is 0 Å². The first-order chi connectivity index (χ1) is 7.31. The Morgan fingerprint density at radius 1 is 1.33 bits per heavy atom. The molecule has 0 atom stereocenters. The molecule has 0 saturated carbocycles. The number of benzene rings is 1. The Hall–Kier alpha value is -1.42. The van der Waals surface area contributed by atoms with Gasteiger partial charge in [0.25, 0.3) is 0 Å². The minimum Gasteiger partial charge on any atom is -0.493 e. The van der Waals surface area contributed by atoms with Gasteiger partial charge in [-0.15, -0.1) is 0 Å². The predicted octanol–water partition coefficient (Wildman–Crippen LogP) is 1.50. The maximum absolute atomic E-state index is 8.68. The third-order valence-electron chi connectivity index (χ3n) is 1.89. The second kappa shape index (κ2) is 6.14. The fourth-order valence-corrected chi connectivity index (χ4v) is 1.26. The molecule has 1 rings (SSSR count). The topological polar surface area (TPSA) is 50.7 Å². The number of aliphatic hydroxyl groups is 1. The summed E-state index contributed by atoms with van der Waals surface area (Å²) in [5, 5.41) is 11.9. The van der Waals surface area contributed by atoms with E-state index in [0.717, 1.165) is 12.2 Å². The van der Waals surface area contributed by atoms with Crippen LogP contribution < -0.4 is 14.8 Å². The van der Waals surface area contributed by atoms with Crippen LogP contribution in [-0.4, -0.2) is 32.0 Å². The van der Waals surface area contributed by atoms with Crippen molar-refractivity contribution >= 4 is 5.69 Å². The molecule has 0 saturated heterocycles. The maximum atomic E-state index is 8.68. The quantitative estimate of drug-likeness (QED) is 0.748. The minimum atomic E-state index is -0.00537. The SMILES string of the molecule is CCNc1ccc(OC)c(OCCO)c1. The van der Waals surface area contributed by atoms with Crippen molar-refractivity contribution in [3.8, 4) is 11.5 Å². The molecule has 0 bridgehead atoms. The van der Waals surface area contributed by atoms with E-state index in [1.807, 2.05) is 25.1 Å². The Labute approximate surface area is 89.8 Å². The van der Waals surface area contributed by atoms with Gasteiger partial charge in [0, 0.05) is 18.3 Å². The average molecular weight is 211 g/mol. The first-order valence-corrected chi connectivity index (χ1v) is 4.97. The molecule has 4 nitrogen and oxygen atoms in total. The summed E-state index contributed by atoms with van der Waals surface area (Å²) in [6.45, 7) is 3.14. The van der Waals surface area contributed by atoms with Gasteiger partial charge < -0.3 is 19.9 Å². The van der Waals surface area contributed by atoms with Gasteiger partial charge in [-0.2, -0.15) is 0 Å². The molecule has 84 valence electrons. The van der Waals surface area contributed by atoms with Gasteiger partial charge in [0.05, 0.1) is 13.7 Å². The molecule has 0 aliphatic rings. The van der Waals surface area contributed by atoms with E-state index in [1.54, 1.807) is 7.11 Å².